The number of nitrogens with zero attached hydrogens (tertiary/aromatic N) is 3. The third-order valence-corrected chi connectivity index (χ3v) is 2.59. The zero-order valence-electron chi connectivity index (χ0n) is 10.5. The van der Waals surface area contributed by atoms with E-state index in [1.807, 2.05) is 0 Å². The number of nitrogens with one attached hydrogen (secondary N) is 1. The number of pyridine rings is 1. The van der Waals surface area contributed by atoms with Crippen molar-refractivity contribution in [3.63, 3.8) is 0 Å². The molecular formula is C12H13N5O3. The number of carbonyl (C=O) groups excluding carboxylic acids is 1. The number of hydrogen-bond donors (Lipinski definition) is 3. The fourth-order valence-electron chi connectivity index (χ4n) is 1.64. The summed E-state index contributed by atoms with van der Waals surface area (Å²) in [5.74, 6) is -1.23. The number of rotatable bonds is 6. The molecule has 2 rings (SSSR count). The Morgan fingerprint density at radius 2 is 2.20 bits per heavy atom. The lowest BCUT2D eigenvalue weighted by Crippen LogP contribution is -2.17. The van der Waals surface area contributed by atoms with Crippen LogP contribution in [0.5, 0.6) is 0 Å². The lowest BCUT2D eigenvalue weighted by Gasteiger charge is -2.08. The molecule has 0 aliphatic heterocycles. The summed E-state index contributed by atoms with van der Waals surface area (Å²) in [7, 11) is 0. The second kappa shape index (κ2) is 5.83. The number of amides is 1. The molecule has 104 valence electrons. The van der Waals surface area contributed by atoms with E-state index >= 15 is 0 Å². The molecule has 0 saturated carbocycles. The van der Waals surface area contributed by atoms with Gasteiger partial charge in [0.15, 0.2) is 5.69 Å². The average molecular weight is 275 g/mol. The number of carboxylic acid groups (broad SMARTS) is 1. The van der Waals surface area contributed by atoms with Gasteiger partial charge in [-0.15, -0.1) is 0 Å². The fourth-order valence-corrected chi connectivity index (χ4v) is 1.64. The van der Waals surface area contributed by atoms with Crippen LogP contribution < -0.4 is 11.1 Å². The number of imidazole rings is 1. The summed E-state index contributed by atoms with van der Waals surface area (Å²) in [6, 6.07) is 3.21. The number of aromatic carboxylic acids is 1. The first-order valence-corrected chi connectivity index (χ1v) is 5.81. The van der Waals surface area contributed by atoms with Crippen molar-refractivity contribution in [2.45, 2.75) is 6.54 Å². The Morgan fingerprint density at radius 1 is 1.40 bits per heavy atom. The predicted molar refractivity (Wildman–Crippen MR) is 70.4 cm³/mol. The highest BCUT2D eigenvalue weighted by Crippen LogP contribution is 2.10. The van der Waals surface area contributed by atoms with Crippen LogP contribution in [0.3, 0.4) is 0 Å². The minimum Gasteiger partial charge on any atom is -0.476 e. The Kier molecular flexibility index (Phi) is 3.94. The predicted octanol–water partition coefficient (Wildman–Crippen LogP) is 0.187. The van der Waals surface area contributed by atoms with Crippen LogP contribution in [0.2, 0.25) is 0 Å². The summed E-state index contributed by atoms with van der Waals surface area (Å²) >= 11 is 0. The lowest BCUT2D eigenvalue weighted by molar-refractivity contribution is 0.0690. The molecule has 2 heterocycles. The number of aromatic nitrogens is 3. The van der Waals surface area contributed by atoms with Gasteiger partial charge in [-0.3, -0.25) is 4.79 Å². The standard InChI is InChI=1S/C12H13N5O3/c13-10(18)8-2-1-3-14-11(8)15-4-5-17-6-9(12(19)20)16-7-17/h1-3,6-7H,4-5H2,(H2,13,18)(H,14,15)(H,19,20). The van der Waals surface area contributed by atoms with Gasteiger partial charge in [0.25, 0.3) is 5.91 Å². The molecule has 0 aliphatic carbocycles. The normalized spacial score (nSPS) is 10.2. The molecule has 0 aliphatic rings. The van der Waals surface area contributed by atoms with Gasteiger partial charge in [0, 0.05) is 25.5 Å². The first-order valence-electron chi connectivity index (χ1n) is 5.81. The quantitative estimate of drug-likeness (QED) is 0.691. The number of anilines is 1. The van der Waals surface area contributed by atoms with E-state index in [1.165, 1.54) is 12.5 Å². The van der Waals surface area contributed by atoms with Gasteiger partial charge in [-0.1, -0.05) is 0 Å². The zero-order valence-corrected chi connectivity index (χ0v) is 10.5. The Bertz CT molecular complexity index is 638. The Labute approximate surface area is 114 Å². The van der Waals surface area contributed by atoms with Crippen LogP contribution in [0.25, 0.3) is 0 Å². The molecular weight excluding hydrogens is 262 g/mol. The number of hydrogen-bond acceptors (Lipinski definition) is 5. The van der Waals surface area contributed by atoms with Crippen molar-refractivity contribution in [1.82, 2.24) is 14.5 Å². The van der Waals surface area contributed by atoms with Gasteiger partial charge in [-0.25, -0.2) is 14.8 Å². The summed E-state index contributed by atoms with van der Waals surface area (Å²) in [6.07, 6.45) is 4.41. The third-order valence-electron chi connectivity index (χ3n) is 2.59. The van der Waals surface area contributed by atoms with Crippen molar-refractivity contribution >= 4 is 17.7 Å². The van der Waals surface area contributed by atoms with E-state index in [0.29, 0.717) is 24.5 Å². The van der Waals surface area contributed by atoms with Crippen LogP contribution in [0, 0.1) is 0 Å². The van der Waals surface area contributed by atoms with E-state index in [4.69, 9.17) is 10.8 Å². The topological polar surface area (TPSA) is 123 Å². The summed E-state index contributed by atoms with van der Waals surface area (Å²) in [4.78, 5) is 29.6. The molecule has 8 heteroatoms. The maximum absolute atomic E-state index is 11.2. The molecule has 8 nitrogen and oxygen atoms in total. The van der Waals surface area contributed by atoms with Crippen LogP contribution >= 0.6 is 0 Å². The van der Waals surface area contributed by atoms with Crippen molar-refractivity contribution in [1.29, 1.82) is 0 Å². The number of nitrogens with two attached hydrogens (primary N) is 1. The van der Waals surface area contributed by atoms with E-state index in [0.717, 1.165) is 0 Å². The maximum atomic E-state index is 11.2. The Morgan fingerprint density at radius 3 is 2.85 bits per heavy atom. The molecule has 1 amide bonds. The van der Waals surface area contributed by atoms with Crippen LogP contribution in [0.4, 0.5) is 5.82 Å². The van der Waals surface area contributed by atoms with Crippen LogP contribution in [-0.4, -0.2) is 38.1 Å². The molecule has 0 aromatic carbocycles. The molecule has 0 saturated heterocycles. The highest BCUT2D eigenvalue weighted by atomic mass is 16.4. The molecule has 0 atom stereocenters. The van der Waals surface area contributed by atoms with E-state index in [9.17, 15) is 9.59 Å². The number of carbonyl (C=O) groups is 2. The van der Waals surface area contributed by atoms with Gasteiger partial charge < -0.3 is 20.7 Å². The number of primary amides is 1. The number of carboxylic acids is 1. The van der Waals surface area contributed by atoms with E-state index in [1.54, 1.807) is 22.9 Å². The van der Waals surface area contributed by atoms with Crippen molar-refractivity contribution < 1.29 is 14.7 Å². The van der Waals surface area contributed by atoms with Crippen LogP contribution in [-0.2, 0) is 6.54 Å². The SMILES string of the molecule is NC(=O)c1cccnc1NCCn1cnc(C(=O)O)c1. The van der Waals surface area contributed by atoms with E-state index in [-0.39, 0.29) is 5.69 Å². The first kappa shape index (κ1) is 13.5. The highest BCUT2D eigenvalue weighted by molar-refractivity contribution is 5.97. The highest BCUT2D eigenvalue weighted by Gasteiger charge is 2.09. The molecule has 0 unspecified atom stereocenters. The smallest absolute Gasteiger partial charge is 0.356 e. The molecule has 0 fully saturated rings. The largest absolute Gasteiger partial charge is 0.476 e. The summed E-state index contributed by atoms with van der Waals surface area (Å²) in [6.45, 7) is 0.932. The lowest BCUT2D eigenvalue weighted by atomic mass is 10.2. The van der Waals surface area contributed by atoms with Crippen molar-refractivity contribution in [2.24, 2.45) is 5.73 Å². The summed E-state index contributed by atoms with van der Waals surface area (Å²) < 4.78 is 1.63. The van der Waals surface area contributed by atoms with Crippen molar-refractivity contribution in [3.05, 3.63) is 42.1 Å². The van der Waals surface area contributed by atoms with Gasteiger partial charge in [0.05, 0.1) is 11.9 Å². The monoisotopic (exact) mass is 275 g/mol. The van der Waals surface area contributed by atoms with Gasteiger partial charge in [0.1, 0.15) is 5.82 Å². The third kappa shape index (κ3) is 3.10. The van der Waals surface area contributed by atoms with Crippen LogP contribution in [0.15, 0.2) is 30.9 Å². The van der Waals surface area contributed by atoms with Crippen molar-refractivity contribution in [2.75, 3.05) is 11.9 Å². The van der Waals surface area contributed by atoms with E-state index < -0.39 is 11.9 Å². The Balaban J connectivity index is 1.96. The summed E-state index contributed by atoms with van der Waals surface area (Å²) in [5, 5.41) is 11.7. The maximum Gasteiger partial charge on any atom is 0.356 e. The second-order valence-electron chi connectivity index (χ2n) is 3.99. The van der Waals surface area contributed by atoms with Gasteiger partial charge >= 0.3 is 5.97 Å². The zero-order chi connectivity index (χ0) is 14.5. The molecule has 2 aromatic heterocycles. The molecule has 0 spiro atoms. The molecule has 20 heavy (non-hydrogen) atoms. The average Bonchev–Trinajstić information content (AvgIpc) is 2.88. The Hall–Kier alpha value is -2.90. The molecule has 2 aromatic rings. The second-order valence-corrected chi connectivity index (χ2v) is 3.99. The van der Waals surface area contributed by atoms with E-state index in [2.05, 4.69) is 15.3 Å². The molecule has 4 N–H and O–H groups in total. The van der Waals surface area contributed by atoms with Gasteiger partial charge in [-0.05, 0) is 12.1 Å². The minimum absolute atomic E-state index is 0.0133. The van der Waals surface area contributed by atoms with Gasteiger partial charge in [-0.2, -0.15) is 0 Å². The first-order chi connectivity index (χ1) is 9.58. The van der Waals surface area contributed by atoms with Crippen molar-refractivity contribution in [3.8, 4) is 0 Å². The fraction of sp³-hybridized carbons (Fsp3) is 0.167. The van der Waals surface area contributed by atoms with Gasteiger partial charge in [0.2, 0.25) is 0 Å². The van der Waals surface area contributed by atoms with Crippen LogP contribution in [0.1, 0.15) is 20.8 Å². The minimum atomic E-state index is -1.07. The molecule has 0 radical (unpaired) electrons. The summed E-state index contributed by atoms with van der Waals surface area (Å²) in [5.41, 5.74) is 5.53. The molecule has 0 bridgehead atoms.